The third-order valence-corrected chi connectivity index (χ3v) is 3.69. The molecule has 21 heavy (non-hydrogen) atoms. The van der Waals surface area contributed by atoms with E-state index in [2.05, 4.69) is 24.4 Å². The Hall–Kier alpha value is -1.87. The molecule has 0 aliphatic rings. The summed E-state index contributed by atoms with van der Waals surface area (Å²) >= 11 is 0. The Morgan fingerprint density at radius 2 is 1.86 bits per heavy atom. The number of nitrogens with one attached hydrogen (secondary N) is 1. The molecule has 0 bridgehead atoms. The van der Waals surface area contributed by atoms with Gasteiger partial charge < -0.3 is 10.4 Å². The molecule has 0 saturated carbocycles. The van der Waals surface area contributed by atoms with Crippen LogP contribution >= 0.6 is 0 Å². The SMILES string of the molecule is CCCc1ccc(C(C)(CO)Nc2cccc(F)c2)cc1. The van der Waals surface area contributed by atoms with Gasteiger partial charge >= 0.3 is 0 Å². The average molecular weight is 287 g/mol. The molecule has 0 radical (unpaired) electrons. The lowest BCUT2D eigenvalue weighted by atomic mass is 9.91. The van der Waals surface area contributed by atoms with Crippen LogP contribution in [0.1, 0.15) is 31.4 Å². The van der Waals surface area contributed by atoms with Crippen LogP contribution in [-0.2, 0) is 12.0 Å². The number of rotatable bonds is 6. The molecule has 2 nitrogen and oxygen atoms in total. The first-order valence-electron chi connectivity index (χ1n) is 7.31. The summed E-state index contributed by atoms with van der Waals surface area (Å²) in [5.74, 6) is -0.293. The number of hydrogen-bond acceptors (Lipinski definition) is 2. The molecule has 0 spiro atoms. The van der Waals surface area contributed by atoms with Gasteiger partial charge in [0.25, 0.3) is 0 Å². The van der Waals surface area contributed by atoms with E-state index in [1.807, 2.05) is 19.1 Å². The molecular weight excluding hydrogens is 265 g/mol. The normalized spacial score (nSPS) is 13.7. The number of halogens is 1. The van der Waals surface area contributed by atoms with E-state index in [1.165, 1.54) is 17.7 Å². The van der Waals surface area contributed by atoms with Gasteiger partial charge in [-0.05, 0) is 42.7 Å². The fraction of sp³-hybridized carbons (Fsp3) is 0.333. The van der Waals surface area contributed by atoms with Gasteiger partial charge in [-0.1, -0.05) is 43.7 Å². The van der Waals surface area contributed by atoms with Crippen LogP contribution in [0.4, 0.5) is 10.1 Å². The van der Waals surface area contributed by atoms with Crippen LogP contribution in [0.15, 0.2) is 48.5 Å². The lowest BCUT2D eigenvalue weighted by molar-refractivity contribution is 0.224. The number of hydrogen-bond donors (Lipinski definition) is 2. The minimum absolute atomic E-state index is 0.0728. The molecule has 2 aromatic rings. The van der Waals surface area contributed by atoms with Gasteiger partial charge in [-0.15, -0.1) is 0 Å². The fourth-order valence-electron chi connectivity index (χ4n) is 2.42. The van der Waals surface area contributed by atoms with Gasteiger partial charge in [0.2, 0.25) is 0 Å². The van der Waals surface area contributed by atoms with Crippen molar-refractivity contribution in [3.8, 4) is 0 Å². The first-order valence-corrected chi connectivity index (χ1v) is 7.31. The van der Waals surface area contributed by atoms with Gasteiger partial charge in [0, 0.05) is 5.69 Å². The van der Waals surface area contributed by atoms with Gasteiger partial charge in [0.05, 0.1) is 12.1 Å². The summed E-state index contributed by atoms with van der Waals surface area (Å²) in [5, 5.41) is 13.0. The second-order valence-electron chi connectivity index (χ2n) is 5.57. The summed E-state index contributed by atoms with van der Waals surface area (Å²) in [6, 6.07) is 14.5. The first-order chi connectivity index (χ1) is 10.1. The number of aliphatic hydroxyl groups is 1. The van der Waals surface area contributed by atoms with Crippen LogP contribution in [0.5, 0.6) is 0 Å². The largest absolute Gasteiger partial charge is 0.394 e. The molecule has 0 aliphatic heterocycles. The molecule has 2 aromatic carbocycles. The first kappa shape index (κ1) is 15.5. The molecule has 2 N–H and O–H groups in total. The minimum atomic E-state index is -0.640. The average Bonchev–Trinajstić information content (AvgIpc) is 2.48. The Morgan fingerprint density at radius 3 is 2.43 bits per heavy atom. The van der Waals surface area contributed by atoms with E-state index in [0.29, 0.717) is 5.69 Å². The number of aliphatic hydroxyl groups excluding tert-OH is 1. The van der Waals surface area contributed by atoms with E-state index >= 15 is 0 Å². The van der Waals surface area contributed by atoms with Crippen molar-refractivity contribution in [1.82, 2.24) is 0 Å². The van der Waals surface area contributed by atoms with E-state index in [1.54, 1.807) is 12.1 Å². The maximum Gasteiger partial charge on any atom is 0.125 e. The molecule has 1 unspecified atom stereocenters. The lowest BCUT2D eigenvalue weighted by Gasteiger charge is -2.30. The van der Waals surface area contributed by atoms with Crippen molar-refractivity contribution in [3.63, 3.8) is 0 Å². The summed E-state index contributed by atoms with van der Waals surface area (Å²) in [6.07, 6.45) is 2.16. The maximum atomic E-state index is 13.3. The van der Waals surface area contributed by atoms with Crippen LogP contribution in [0.25, 0.3) is 0 Å². The van der Waals surface area contributed by atoms with Crippen LogP contribution in [0, 0.1) is 5.82 Å². The van der Waals surface area contributed by atoms with Gasteiger partial charge in [0.1, 0.15) is 5.82 Å². The van der Waals surface area contributed by atoms with E-state index in [0.717, 1.165) is 18.4 Å². The second-order valence-corrected chi connectivity index (χ2v) is 5.57. The Labute approximate surface area is 125 Å². The summed E-state index contributed by atoms with van der Waals surface area (Å²) in [5.41, 5.74) is 2.28. The number of aryl methyl sites for hydroxylation is 1. The van der Waals surface area contributed by atoms with Gasteiger partial charge in [-0.25, -0.2) is 4.39 Å². The molecule has 0 heterocycles. The monoisotopic (exact) mass is 287 g/mol. The van der Waals surface area contributed by atoms with Crippen LogP contribution in [0.3, 0.4) is 0 Å². The Kier molecular flexibility index (Phi) is 4.97. The highest BCUT2D eigenvalue weighted by Gasteiger charge is 2.25. The lowest BCUT2D eigenvalue weighted by Crippen LogP contribution is -2.35. The topological polar surface area (TPSA) is 32.3 Å². The summed E-state index contributed by atoms with van der Waals surface area (Å²) < 4.78 is 13.3. The fourth-order valence-corrected chi connectivity index (χ4v) is 2.42. The predicted molar refractivity (Wildman–Crippen MR) is 84.9 cm³/mol. The van der Waals surface area contributed by atoms with Crippen molar-refractivity contribution in [2.45, 2.75) is 32.2 Å². The third-order valence-electron chi connectivity index (χ3n) is 3.69. The van der Waals surface area contributed by atoms with Crippen molar-refractivity contribution >= 4 is 5.69 Å². The zero-order valence-corrected chi connectivity index (χ0v) is 12.6. The van der Waals surface area contributed by atoms with Crippen molar-refractivity contribution < 1.29 is 9.50 Å². The Morgan fingerprint density at radius 1 is 1.14 bits per heavy atom. The quantitative estimate of drug-likeness (QED) is 0.838. The smallest absolute Gasteiger partial charge is 0.125 e. The molecule has 2 rings (SSSR count). The van der Waals surface area contributed by atoms with E-state index in [4.69, 9.17) is 0 Å². The molecule has 0 saturated heterocycles. The Bertz CT molecular complexity index is 582. The second kappa shape index (κ2) is 6.72. The van der Waals surface area contributed by atoms with Gasteiger partial charge in [0.15, 0.2) is 0 Å². The standard InChI is InChI=1S/C18H22FNO/c1-3-5-14-8-10-15(11-9-14)18(2,13-21)20-17-7-4-6-16(19)12-17/h4,6-12,20-21H,3,5,13H2,1-2H3. The molecule has 0 amide bonds. The van der Waals surface area contributed by atoms with Gasteiger partial charge in [-0.3, -0.25) is 0 Å². The highest BCUT2D eigenvalue weighted by molar-refractivity contribution is 5.48. The van der Waals surface area contributed by atoms with Crippen molar-refractivity contribution in [2.75, 3.05) is 11.9 Å². The highest BCUT2D eigenvalue weighted by Crippen LogP contribution is 2.26. The molecular formula is C18H22FNO. The molecule has 0 aliphatic carbocycles. The molecule has 112 valence electrons. The van der Waals surface area contributed by atoms with Crippen molar-refractivity contribution in [2.24, 2.45) is 0 Å². The molecule has 3 heteroatoms. The van der Waals surface area contributed by atoms with Crippen LogP contribution in [0.2, 0.25) is 0 Å². The predicted octanol–water partition coefficient (Wildman–Crippen LogP) is 4.10. The van der Waals surface area contributed by atoms with E-state index in [-0.39, 0.29) is 12.4 Å². The van der Waals surface area contributed by atoms with Gasteiger partial charge in [-0.2, -0.15) is 0 Å². The van der Waals surface area contributed by atoms with Crippen molar-refractivity contribution in [1.29, 1.82) is 0 Å². The number of benzene rings is 2. The van der Waals surface area contributed by atoms with Crippen molar-refractivity contribution in [3.05, 3.63) is 65.5 Å². The van der Waals surface area contributed by atoms with E-state index < -0.39 is 5.54 Å². The van der Waals surface area contributed by atoms with E-state index in [9.17, 15) is 9.50 Å². The zero-order chi connectivity index (χ0) is 15.3. The zero-order valence-electron chi connectivity index (χ0n) is 12.6. The van der Waals surface area contributed by atoms with Crippen LogP contribution in [-0.4, -0.2) is 11.7 Å². The van der Waals surface area contributed by atoms with Crippen LogP contribution < -0.4 is 5.32 Å². The summed E-state index contributed by atoms with van der Waals surface area (Å²) in [7, 11) is 0. The molecule has 1 atom stereocenters. The third kappa shape index (κ3) is 3.82. The molecule has 0 fully saturated rings. The minimum Gasteiger partial charge on any atom is -0.394 e. The number of anilines is 1. The summed E-state index contributed by atoms with van der Waals surface area (Å²) in [4.78, 5) is 0. The maximum absolute atomic E-state index is 13.3. The summed E-state index contributed by atoms with van der Waals surface area (Å²) in [6.45, 7) is 3.99. The highest BCUT2D eigenvalue weighted by atomic mass is 19.1. The Balaban J connectivity index is 2.23. The molecule has 0 aromatic heterocycles.